The highest BCUT2D eigenvalue weighted by Gasteiger charge is 2.45. The number of nitrogens with zero attached hydrogens (tertiary/aromatic N) is 1. The maximum atomic E-state index is 13.3. The number of hydrogen-bond acceptors (Lipinski definition) is 5. The Morgan fingerprint density at radius 2 is 1.59 bits per heavy atom. The van der Waals surface area contributed by atoms with Gasteiger partial charge in [-0.05, 0) is 24.7 Å². The minimum Gasteiger partial charge on any atom is -0.498 e. The van der Waals surface area contributed by atoms with Gasteiger partial charge < -0.3 is 9.31 Å². The highest BCUT2D eigenvalue weighted by Crippen LogP contribution is 2.28. The van der Waals surface area contributed by atoms with Gasteiger partial charge in [0.2, 0.25) is 6.43 Å². The quantitative estimate of drug-likeness (QED) is 0.786. The maximum absolute atomic E-state index is 13.3. The van der Waals surface area contributed by atoms with E-state index in [2.05, 4.69) is 0 Å². The number of benzene rings is 1. The third-order valence-electron chi connectivity index (χ3n) is 3.11. The van der Waals surface area contributed by atoms with E-state index in [0.717, 1.165) is 24.3 Å². The zero-order valence-electron chi connectivity index (χ0n) is 11.7. The molecule has 0 spiro atoms. The average Bonchev–Trinajstić information content (AvgIpc) is 2.38. The molecule has 1 unspecified atom stereocenters. The van der Waals surface area contributed by atoms with Gasteiger partial charge >= 0.3 is 19.1 Å². The minimum absolute atomic E-state index is 0.0101. The summed E-state index contributed by atoms with van der Waals surface area (Å²) in [5, 5.41) is 0. The van der Waals surface area contributed by atoms with Crippen LogP contribution in [0.2, 0.25) is 0 Å². The Hall–Kier alpha value is -2.03. The lowest BCUT2D eigenvalue weighted by molar-refractivity contribution is -0.146. The van der Waals surface area contributed by atoms with Crippen molar-refractivity contribution < 1.29 is 32.1 Å². The van der Waals surface area contributed by atoms with Gasteiger partial charge in [0.05, 0.1) is 13.1 Å². The Labute approximate surface area is 125 Å². The molecule has 0 saturated carbocycles. The molecule has 22 heavy (non-hydrogen) atoms. The molecule has 0 aromatic heterocycles. The molecule has 0 aliphatic carbocycles. The van der Waals surface area contributed by atoms with Crippen LogP contribution in [0.25, 0.3) is 0 Å². The van der Waals surface area contributed by atoms with Gasteiger partial charge in [-0.25, -0.2) is 13.2 Å². The second-order valence-electron chi connectivity index (χ2n) is 4.93. The second kappa shape index (κ2) is 6.82. The number of likely N-dealkylation sites (N-methyl/N-ethyl adjacent to an activating group) is 1. The van der Waals surface area contributed by atoms with Gasteiger partial charge in [0.1, 0.15) is 11.6 Å². The normalized spacial score (nSPS) is 18.5. The summed E-state index contributed by atoms with van der Waals surface area (Å²) in [6.45, 7) is -0.435. The van der Waals surface area contributed by atoms with E-state index >= 15 is 0 Å². The molecule has 0 bridgehead atoms. The van der Waals surface area contributed by atoms with Gasteiger partial charge in [0, 0.05) is 0 Å². The molecule has 118 valence electrons. The van der Waals surface area contributed by atoms with E-state index in [1.54, 1.807) is 0 Å². The van der Waals surface area contributed by atoms with E-state index in [4.69, 9.17) is 9.31 Å². The first-order valence-electron chi connectivity index (χ1n) is 6.48. The number of carbonyl (C=O) groups excluding carboxylic acids is 2. The molecule has 0 N–H and O–H groups in total. The van der Waals surface area contributed by atoms with Crippen LogP contribution < -0.4 is 0 Å². The van der Waals surface area contributed by atoms with E-state index in [1.807, 2.05) is 0 Å². The molecule has 1 saturated heterocycles. The van der Waals surface area contributed by atoms with Crippen LogP contribution in [0.5, 0.6) is 0 Å². The van der Waals surface area contributed by atoms with Gasteiger partial charge in [0.15, 0.2) is 0 Å². The third-order valence-corrected chi connectivity index (χ3v) is 3.11. The number of halogens is 3. The van der Waals surface area contributed by atoms with E-state index in [0.29, 0.717) is 0 Å². The molecule has 0 amide bonds. The Bertz CT molecular complexity index is 535. The standard InChI is InChI=1S/C13H13BF3NO4/c1-18-6-10(19)21-14(22-11(20)7-18)12(13(16)17)8-2-4-9(15)5-3-8/h2-5,12-13H,6-7H2,1H3. The van der Waals surface area contributed by atoms with Gasteiger partial charge in [-0.3, -0.25) is 14.5 Å². The number of alkyl halides is 2. The van der Waals surface area contributed by atoms with Crippen molar-refractivity contribution in [1.82, 2.24) is 4.90 Å². The second-order valence-corrected chi connectivity index (χ2v) is 4.93. The fourth-order valence-electron chi connectivity index (χ4n) is 2.11. The number of hydrogen-bond donors (Lipinski definition) is 0. The largest absolute Gasteiger partial charge is 0.612 e. The summed E-state index contributed by atoms with van der Waals surface area (Å²) in [6.07, 6.45) is -2.96. The summed E-state index contributed by atoms with van der Waals surface area (Å²) in [5.41, 5.74) is 0.0101. The molecule has 9 heteroatoms. The Balaban J connectivity index is 2.27. The fraction of sp³-hybridized carbons (Fsp3) is 0.385. The first-order chi connectivity index (χ1) is 10.4. The van der Waals surface area contributed by atoms with E-state index in [-0.39, 0.29) is 18.7 Å². The van der Waals surface area contributed by atoms with Gasteiger partial charge in [-0.1, -0.05) is 12.1 Å². The first-order valence-corrected chi connectivity index (χ1v) is 6.48. The number of rotatable bonds is 3. The maximum Gasteiger partial charge on any atom is 0.612 e. The summed E-state index contributed by atoms with van der Waals surface area (Å²) in [6, 6.07) is 4.29. The van der Waals surface area contributed by atoms with Crippen molar-refractivity contribution in [2.75, 3.05) is 20.1 Å². The summed E-state index contributed by atoms with van der Waals surface area (Å²) in [7, 11) is -0.257. The molecule has 1 aliphatic heterocycles. The zero-order valence-corrected chi connectivity index (χ0v) is 11.7. The first kappa shape index (κ1) is 16.3. The molecular formula is C13H13BF3NO4. The Kier molecular flexibility index (Phi) is 5.07. The van der Waals surface area contributed by atoms with Crippen molar-refractivity contribution in [3.63, 3.8) is 0 Å². The molecule has 1 aromatic rings. The van der Waals surface area contributed by atoms with Crippen molar-refractivity contribution in [2.24, 2.45) is 0 Å². The smallest absolute Gasteiger partial charge is 0.498 e. The van der Waals surface area contributed by atoms with Gasteiger partial charge in [-0.15, -0.1) is 0 Å². The molecule has 5 nitrogen and oxygen atoms in total. The highest BCUT2D eigenvalue weighted by atomic mass is 19.3. The monoisotopic (exact) mass is 315 g/mol. The lowest BCUT2D eigenvalue weighted by Gasteiger charge is -2.26. The van der Waals surface area contributed by atoms with E-state index in [1.165, 1.54) is 11.9 Å². The average molecular weight is 315 g/mol. The molecule has 1 aliphatic rings. The Morgan fingerprint density at radius 1 is 1.09 bits per heavy atom. The van der Waals surface area contributed by atoms with Crippen LogP contribution in [-0.2, 0) is 18.9 Å². The predicted octanol–water partition coefficient (Wildman–Crippen LogP) is 1.23. The summed E-state index contributed by atoms with van der Waals surface area (Å²) < 4.78 is 49.3. The summed E-state index contributed by atoms with van der Waals surface area (Å²) in [5.74, 6) is -3.84. The van der Waals surface area contributed by atoms with Crippen molar-refractivity contribution in [1.29, 1.82) is 0 Å². The molecule has 1 fully saturated rings. The van der Waals surface area contributed by atoms with Gasteiger partial charge in [0.25, 0.3) is 0 Å². The van der Waals surface area contributed by atoms with Crippen LogP contribution in [0, 0.1) is 5.82 Å². The highest BCUT2D eigenvalue weighted by molar-refractivity contribution is 6.51. The molecule has 1 atom stereocenters. The molecule has 1 aromatic carbocycles. The van der Waals surface area contributed by atoms with Crippen LogP contribution in [0.15, 0.2) is 24.3 Å². The van der Waals surface area contributed by atoms with Crippen molar-refractivity contribution in [3.05, 3.63) is 35.6 Å². The lowest BCUT2D eigenvalue weighted by atomic mass is 9.67. The van der Waals surface area contributed by atoms with Crippen molar-refractivity contribution in [2.45, 2.75) is 12.2 Å². The topological polar surface area (TPSA) is 55.8 Å². The zero-order chi connectivity index (χ0) is 16.3. The molecule has 1 heterocycles. The van der Waals surface area contributed by atoms with Crippen molar-refractivity contribution >= 4 is 19.1 Å². The van der Waals surface area contributed by atoms with Gasteiger partial charge in [-0.2, -0.15) is 0 Å². The predicted molar refractivity (Wildman–Crippen MR) is 70.6 cm³/mol. The van der Waals surface area contributed by atoms with E-state index < -0.39 is 37.1 Å². The van der Waals surface area contributed by atoms with Crippen LogP contribution in [0.4, 0.5) is 13.2 Å². The van der Waals surface area contributed by atoms with Crippen LogP contribution in [0.3, 0.4) is 0 Å². The van der Waals surface area contributed by atoms with Crippen LogP contribution >= 0.6 is 0 Å². The number of carbonyl (C=O) groups is 2. The molecule has 0 radical (unpaired) electrons. The Morgan fingerprint density at radius 3 is 2.05 bits per heavy atom. The minimum atomic E-state index is -2.96. The fourth-order valence-corrected chi connectivity index (χ4v) is 2.11. The third kappa shape index (κ3) is 4.00. The molecule has 2 rings (SSSR count). The van der Waals surface area contributed by atoms with E-state index in [9.17, 15) is 22.8 Å². The SMILES string of the molecule is CN1CC(=O)OB(C(c2ccc(F)cc2)C(F)F)OC(=O)C1. The van der Waals surface area contributed by atoms with Crippen LogP contribution in [-0.4, -0.2) is 50.5 Å². The summed E-state index contributed by atoms with van der Waals surface area (Å²) in [4.78, 5) is 24.6. The van der Waals surface area contributed by atoms with Crippen molar-refractivity contribution in [3.8, 4) is 0 Å². The summed E-state index contributed by atoms with van der Waals surface area (Å²) >= 11 is 0. The molecular weight excluding hydrogens is 302 g/mol. The van der Waals surface area contributed by atoms with Crippen LogP contribution in [0.1, 0.15) is 11.4 Å². The lowest BCUT2D eigenvalue weighted by Crippen LogP contribution is -2.46.